The molecule has 3 nitrogen and oxygen atoms in total. The molecule has 0 atom stereocenters. The van der Waals surface area contributed by atoms with Crippen LogP contribution in [0.4, 0.5) is 0 Å². The fourth-order valence-corrected chi connectivity index (χ4v) is 2.30. The molecule has 0 aliphatic carbocycles. The summed E-state index contributed by atoms with van der Waals surface area (Å²) in [6.45, 7) is 5.83. The molecule has 1 heterocycles. The molecule has 0 bridgehead atoms. The van der Waals surface area contributed by atoms with Gasteiger partial charge in [0.1, 0.15) is 0 Å². The van der Waals surface area contributed by atoms with Gasteiger partial charge in [-0.2, -0.15) is 5.26 Å². The SMILES string of the molecule is CCCC1(C)COC(c2ccc(C#N)cc2)OC1. The van der Waals surface area contributed by atoms with Crippen molar-refractivity contribution >= 4 is 0 Å². The first-order valence-corrected chi connectivity index (χ1v) is 6.40. The lowest BCUT2D eigenvalue weighted by Crippen LogP contribution is -2.36. The normalized spacial score (nSPS) is 27.7. The molecule has 96 valence electrons. The van der Waals surface area contributed by atoms with Crippen molar-refractivity contribution in [3.05, 3.63) is 35.4 Å². The van der Waals surface area contributed by atoms with Crippen LogP contribution in [0.3, 0.4) is 0 Å². The van der Waals surface area contributed by atoms with Crippen LogP contribution in [-0.4, -0.2) is 13.2 Å². The van der Waals surface area contributed by atoms with Crippen molar-refractivity contribution in [2.45, 2.75) is 33.0 Å². The molecular weight excluding hydrogens is 226 g/mol. The number of nitrogens with zero attached hydrogens (tertiary/aromatic N) is 1. The Bertz CT molecular complexity index is 425. The molecule has 0 amide bonds. The third-order valence-corrected chi connectivity index (χ3v) is 3.33. The Morgan fingerprint density at radius 3 is 2.39 bits per heavy atom. The van der Waals surface area contributed by atoms with Gasteiger partial charge in [0, 0.05) is 11.0 Å². The smallest absolute Gasteiger partial charge is 0.183 e. The Morgan fingerprint density at radius 2 is 1.89 bits per heavy atom. The number of benzene rings is 1. The molecule has 3 heteroatoms. The maximum atomic E-state index is 8.75. The summed E-state index contributed by atoms with van der Waals surface area (Å²) < 4.78 is 11.6. The van der Waals surface area contributed by atoms with Gasteiger partial charge in [0.15, 0.2) is 6.29 Å². The van der Waals surface area contributed by atoms with Gasteiger partial charge in [0.2, 0.25) is 0 Å². The standard InChI is InChI=1S/C15H19NO2/c1-3-8-15(2)10-17-14(18-11-15)13-6-4-12(9-16)5-7-13/h4-7,14H,3,8,10-11H2,1-2H3. The highest BCUT2D eigenvalue weighted by molar-refractivity contribution is 5.32. The highest BCUT2D eigenvalue weighted by Gasteiger charge is 2.32. The van der Waals surface area contributed by atoms with Crippen molar-refractivity contribution < 1.29 is 9.47 Å². The van der Waals surface area contributed by atoms with E-state index < -0.39 is 0 Å². The summed E-state index contributed by atoms with van der Waals surface area (Å²) >= 11 is 0. The van der Waals surface area contributed by atoms with Crippen LogP contribution in [0.25, 0.3) is 0 Å². The zero-order valence-electron chi connectivity index (χ0n) is 11.0. The lowest BCUT2D eigenvalue weighted by Gasteiger charge is -2.37. The van der Waals surface area contributed by atoms with E-state index in [-0.39, 0.29) is 11.7 Å². The van der Waals surface area contributed by atoms with E-state index in [1.54, 1.807) is 12.1 Å². The molecule has 0 spiro atoms. The highest BCUT2D eigenvalue weighted by atomic mass is 16.7. The fraction of sp³-hybridized carbons (Fsp3) is 0.533. The van der Waals surface area contributed by atoms with Crippen LogP contribution >= 0.6 is 0 Å². The van der Waals surface area contributed by atoms with Gasteiger partial charge in [0.05, 0.1) is 24.8 Å². The summed E-state index contributed by atoms with van der Waals surface area (Å²) in [5.74, 6) is 0. The van der Waals surface area contributed by atoms with Crippen LogP contribution < -0.4 is 0 Å². The third kappa shape index (κ3) is 2.90. The van der Waals surface area contributed by atoms with Crippen molar-refractivity contribution in [2.75, 3.05) is 13.2 Å². The molecular formula is C15H19NO2. The second-order valence-corrected chi connectivity index (χ2v) is 5.25. The van der Waals surface area contributed by atoms with Gasteiger partial charge in [-0.25, -0.2) is 0 Å². The fourth-order valence-electron chi connectivity index (χ4n) is 2.30. The Morgan fingerprint density at radius 1 is 1.28 bits per heavy atom. The molecule has 0 radical (unpaired) electrons. The minimum Gasteiger partial charge on any atom is -0.348 e. The minimum absolute atomic E-state index is 0.137. The Balaban J connectivity index is 1.99. The second-order valence-electron chi connectivity index (χ2n) is 5.25. The molecule has 1 aliphatic heterocycles. The van der Waals surface area contributed by atoms with Gasteiger partial charge in [-0.15, -0.1) is 0 Å². The summed E-state index contributed by atoms with van der Waals surface area (Å²) in [4.78, 5) is 0. The lowest BCUT2D eigenvalue weighted by molar-refractivity contribution is -0.231. The van der Waals surface area contributed by atoms with E-state index in [0.29, 0.717) is 5.56 Å². The zero-order chi connectivity index (χ0) is 13.0. The maximum absolute atomic E-state index is 8.75. The van der Waals surface area contributed by atoms with Gasteiger partial charge in [-0.3, -0.25) is 0 Å². The molecule has 1 aromatic rings. The molecule has 0 unspecified atom stereocenters. The molecule has 0 N–H and O–H groups in total. The predicted molar refractivity (Wildman–Crippen MR) is 68.8 cm³/mol. The number of ether oxygens (including phenoxy) is 2. The zero-order valence-corrected chi connectivity index (χ0v) is 11.0. The van der Waals surface area contributed by atoms with E-state index in [1.165, 1.54) is 0 Å². The summed E-state index contributed by atoms with van der Waals surface area (Å²) in [7, 11) is 0. The third-order valence-electron chi connectivity index (χ3n) is 3.33. The van der Waals surface area contributed by atoms with E-state index >= 15 is 0 Å². The molecule has 0 saturated carbocycles. The van der Waals surface area contributed by atoms with Crippen LogP contribution in [-0.2, 0) is 9.47 Å². The van der Waals surface area contributed by atoms with Crippen molar-refractivity contribution in [3.8, 4) is 6.07 Å². The van der Waals surface area contributed by atoms with E-state index in [0.717, 1.165) is 31.6 Å². The van der Waals surface area contributed by atoms with Crippen molar-refractivity contribution in [2.24, 2.45) is 5.41 Å². The summed E-state index contributed by atoms with van der Waals surface area (Å²) in [6, 6.07) is 9.48. The summed E-state index contributed by atoms with van der Waals surface area (Å²) in [6.07, 6.45) is 1.97. The molecule has 1 fully saturated rings. The number of nitriles is 1. The molecule has 1 saturated heterocycles. The van der Waals surface area contributed by atoms with Crippen molar-refractivity contribution in [1.29, 1.82) is 5.26 Å². The second kappa shape index (κ2) is 5.51. The molecule has 1 aliphatic rings. The topological polar surface area (TPSA) is 42.2 Å². The minimum atomic E-state index is -0.289. The van der Waals surface area contributed by atoms with E-state index in [1.807, 2.05) is 12.1 Å². The number of hydrogen-bond donors (Lipinski definition) is 0. The number of hydrogen-bond acceptors (Lipinski definition) is 3. The first kappa shape index (κ1) is 13.1. The van der Waals surface area contributed by atoms with Gasteiger partial charge in [-0.05, 0) is 18.6 Å². The average Bonchev–Trinajstić information content (AvgIpc) is 2.40. The van der Waals surface area contributed by atoms with E-state index in [2.05, 4.69) is 19.9 Å². The molecule has 0 aromatic heterocycles. The number of rotatable bonds is 3. The first-order valence-electron chi connectivity index (χ1n) is 6.40. The van der Waals surface area contributed by atoms with Crippen LogP contribution in [0.5, 0.6) is 0 Å². The van der Waals surface area contributed by atoms with Crippen LogP contribution in [0.15, 0.2) is 24.3 Å². The van der Waals surface area contributed by atoms with E-state index in [9.17, 15) is 0 Å². The lowest BCUT2D eigenvalue weighted by atomic mass is 9.87. The van der Waals surface area contributed by atoms with Gasteiger partial charge in [-0.1, -0.05) is 32.4 Å². The predicted octanol–water partition coefficient (Wildman–Crippen LogP) is 3.41. The summed E-state index contributed by atoms with van der Waals surface area (Å²) in [5, 5.41) is 8.75. The largest absolute Gasteiger partial charge is 0.348 e. The summed E-state index contributed by atoms with van der Waals surface area (Å²) in [5.41, 5.74) is 1.77. The maximum Gasteiger partial charge on any atom is 0.183 e. The van der Waals surface area contributed by atoms with Gasteiger partial charge in [0.25, 0.3) is 0 Å². The quantitative estimate of drug-likeness (QED) is 0.819. The monoisotopic (exact) mass is 245 g/mol. The molecule has 1 aromatic carbocycles. The van der Waals surface area contributed by atoms with Crippen molar-refractivity contribution in [3.63, 3.8) is 0 Å². The van der Waals surface area contributed by atoms with E-state index in [4.69, 9.17) is 14.7 Å². The Labute approximate surface area is 108 Å². The Kier molecular flexibility index (Phi) is 4.00. The van der Waals surface area contributed by atoms with Crippen LogP contribution in [0.1, 0.15) is 44.1 Å². The molecule has 18 heavy (non-hydrogen) atoms. The molecule has 2 rings (SSSR count). The van der Waals surface area contributed by atoms with Crippen molar-refractivity contribution in [1.82, 2.24) is 0 Å². The van der Waals surface area contributed by atoms with Crippen LogP contribution in [0, 0.1) is 16.7 Å². The first-order chi connectivity index (χ1) is 8.67. The van der Waals surface area contributed by atoms with Gasteiger partial charge >= 0.3 is 0 Å². The van der Waals surface area contributed by atoms with Gasteiger partial charge < -0.3 is 9.47 Å². The Hall–Kier alpha value is -1.37. The average molecular weight is 245 g/mol. The highest BCUT2D eigenvalue weighted by Crippen LogP contribution is 2.34. The van der Waals surface area contributed by atoms with Crippen LogP contribution in [0.2, 0.25) is 0 Å².